The molecule has 2 heterocycles. The van der Waals surface area contributed by atoms with Gasteiger partial charge in [0.15, 0.2) is 0 Å². The van der Waals surface area contributed by atoms with E-state index < -0.39 is 48.7 Å². The lowest BCUT2D eigenvalue weighted by Crippen LogP contribution is -2.44. The molecule has 2 rings (SSSR count). The number of nitrogens with zero attached hydrogens (tertiary/aromatic N) is 2. The fraction of sp³-hybridized carbons (Fsp3) is 0.843. The maximum atomic E-state index is 13.8. The van der Waals surface area contributed by atoms with Crippen LogP contribution in [0, 0.1) is 11.8 Å². The summed E-state index contributed by atoms with van der Waals surface area (Å²) in [5.41, 5.74) is 0. The molecule has 15 heteroatoms. The van der Waals surface area contributed by atoms with Gasteiger partial charge in [-0.3, -0.25) is 24.0 Å². The lowest BCUT2D eigenvalue weighted by atomic mass is 10.1. The van der Waals surface area contributed by atoms with Gasteiger partial charge in [0.05, 0.1) is 45.8 Å². The van der Waals surface area contributed by atoms with E-state index >= 15 is 0 Å². The van der Waals surface area contributed by atoms with E-state index in [2.05, 4.69) is 25.7 Å². The molecule has 0 spiro atoms. The number of unbranched alkanes of at least 4 members (excludes halogenated alkanes) is 15. The zero-order chi connectivity index (χ0) is 48.2. The quantitative estimate of drug-likeness (QED) is 0.0274. The highest BCUT2D eigenvalue weighted by molar-refractivity contribution is 5.73. The minimum absolute atomic E-state index is 0.0829. The van der Waals surface area contributed by atoms with Crippen LogP contribution in [0.5, 0.6) is 0 Å². The van der Waals surface area contributed by atoms with Crippen molar-refractivity contribution in [2.45, 2.75) is 206 Å². The number of rotatable bonds is 35. The molecule has 0 radical (unpaired) electrons. The van der Waals surface area contributed by atoms with Gasteiger partial charge in [0, 0.05) is 44.2 Å². The standard InChI is InChI=1S/C51H88N2O13/c1-5-8-11-14-17-20-26-46(55)61-38-41(37-54)32-49(58)64-44-29-30-45(36-53(35-44)51(60)66-43-25-23-24-31-52(4)34-43)65-50(59)33-42(39-62-47(56)27-21-18-15-12-9-6-2)40-63-48(57)28-22-19-16-13-10-7-3/h29-30,41-45,54H,5-28,31-40H2,1-4H3/t41?,43?,44-,45+/m0/s1. The first-order valence-corrected chi connectivity index (χ1v) is 25.7. The third kappa shape index (κ3) is 29.1. The van der Waals surface area contributed by atoms with Gasteiger partial charge in [-0.2, -0.15) is 0 Å². The molecule has 0 bridgehead atoms. The van der Waals surface area contributed by atoms with E-state index in [1.54, 1.807) is 12.2 Å². The van der Waals surface area contributed by atoms with Gasteiger partial charge < -0.3 is 43.3 Å². The van der Waals surface area contributed by atoms with Gasteiger partial charge in [-0.15, -0.1) is 0 Å². The molecule has 15 nitrogen and oxygen atoms in total. The van der Waals surface area contributed by atoms with Gasteiger partial charge in [-0.05, 0) is 64.3 Å². The minimum Gasteiger partial charge on any atom is -0.465 e. The number of hydrogen-bond acceptors (Lipinski definition) is 14. The SMILES string of the molecule is CCCCCCCCC(=O)OCC(COC(=O)CCCCCCCC)CC(=O)O[C@@H]1C=C[C@H](OC(=O)CC(CO)COC(=O)CCCCCCCC)CN(C(=O)OC2CCCCN(C)C2)C1. The maximum Gasteiger partial charge on any atom is 0.410 e. The topological polar surface area (TPSA) is 185 Å². The summed E-state index contributed by atoms with van der Waals surface area (Å²) in [6.45, 7) is 6.95. The average Bonchev–Trinajstić information content (AvgIpc) is 3.63. The van der Waals surface area contributed by atoms with Gasteiger partial charge in [0.1, 0.15) is 18.3 Å². The third-order valence-electron chi connectivity index (χ3n) is 12.1. The molecular formula is C51H88N2O13. The van der Waals surface area contributed by atoms with Crippen molar-refractivity contribution in [3.05, 3.63) is 12.2 Å². The van der Waals surface area contributed by atoms with Crippen molar-refractivity contribution in [2.75, 3.05) is 59.7 Å². The first-order valence-electron chi connectivity index (χ1n) is 25.7. The van der Waals surface area contributed by atoms with E-state index in [9.17, 15) is 33.9 Å². The van der Waals surface area contributed by atoms with Gasteiger partial charge in [-0.25, -0.2) is 4.79 Å². The minimum atomic E-state index is -0.951. The molecule has 0 aromatic rings. The summed E-state index contributed by atoms with van der Waals surface area (Å²) >= 11 is 0. The number of likely N-dealkylation sites (tertiary alicyclic amines) is 1. The molecule has 0 aromatic carbocycles. The summed E-state index contributed by atoms with van der Waals surface area (Å²) in [7, 11) is 1.98. The van der Waals surface area contributed by atoms with Gasteiger partial charge in [0.2, 0.25) is 0 Å². The zero-order valence-corrected chi connectivity index (χ0v) is 41.3. The highest BCUT2D eigenvalue weighted by Gasteiger charge is 2.32. The Bertz CT molecular complexity index is 1360. The van der Waals surface area contributed by atoms with Crippen LogP contribution in [0.25, 0.3) is 0 Å². The predicted molar refractivity (Wildman–Crippen MR) is 252 cm³/mol. The summed E-state index contributed by atoms with van der Waals surface area (Å²) in [5, 5.41) is 10.00. The Kier molecular flexibility index (Phi) is 33.0. The van der Waals surface area contributed by atoms with E-state index in [4.69, 9.17) is 28.4 Å². The third-order valence-corrected chi connectivity index (χ3v) is 12.1. The molecular weight excluding hydrogens is 849 g/mol. The highest BCUT2D eigenvalue weighted by Crippen LogP contribution is 2.20. The Labute approximate surface area is 396 Å². The van der Waals surface area contributed by atoms with E-state index in [1.807, 2.05) is 7.05 Å². The first-order chi connectivity index (χ1) is 32.0. The summed E-state index contributed by atoms with van der Waals surface area (Å²) in [5.74, 6) is -3.79. The molecule has 2 aliphatic heterocycles. The summed E-state index contributed by atoms with van der Waals surface area (Å²) in [4.78, 5) is 81.8. The van der Waals surface area contributed by atoms with Crippen molar-refractivity contribution >= 4 is 35.9 Å². The Hall–Kier alpha value is -3.72. The van der Waals surface area contributed by atoms with Crippen LogP contribution in [-0.2, 0) is 52.4 Å². The van der Waals surface area contributed by atoms with E-state index in [0.717, 1.165) is 116 Å². The monoisotopic (exact) mass is 937 g/mol. The Morgan fingerprint density at radius 1 is 0.530 bits per heavy atom. The molecule has 1 N–H and O–H groups in total. The van der Waals surface area contributed by atoms with Crippen molar-refractivity contribution in [1.29, 1.82) is 0 Å². The van der Waals surface area contributed by atoms with Crippen LogP contribution in [0.1, 0.15) is 188 Å². The van der Waals surface area contributed by atoms with E-state index in [-0.39, 0.29) is 89.0 Å². The summed E-state index contributed by atoms with van der Waals surface area (Å²) in [6.07, 6.45) is 21.6. The fourth-order valence-electron chi connectivity index (χ4n) is 8.02. The van der Waals surface area contributed by atoms with Gasteiger partial charge in [-0.1, -0.05) is 117 Å². The number of hydrogen-bond donors (Lipinski definition) is 1. The Morgan fingerprint density at radius 3 is 1.38 bits per heavy atom. The molecule has 380 valence electrons. The predicted octanol–water partition coefficient (Wildman–Crippen LogP) is 9.19. The average molecular weight is 937 g/mol. The number of carbonyl (C=O) groups excluding carboxylic acids is 6. The van der Waals surface area contributed by atoms with Crippen LogP contribution in [0.2, 0.25) is 0 Å². The Morgan fingerprint density at radius 2 is 0.939 bits per heavy atom. The lowest BCUT2D eigenvalue weighted by molar-refractivity contribution is -0.156. The number of aliphatic hydroxyl groups excluding tert-OH is 1. The fourth-order valence-corrected chi connectivity index (χ4v) is 8.02. The molecule has 1 saturated heterocycles. The molecule has 1 amide bonds. The Balaban J connectivity index is 2.10. The summed E-state index contributed by atoms with van der Waals surface area (Å²) in [6, 6.07) is 0. The van der Waals surface area contributed by atoms with Crippen LogP contribution < -0.4 is 0 Å². The number of amides is 1. The largest absolute Gasteiger partial charge is 0.465 e. The normalized spacial score (nSPS) is 18.2. The maximum absolute atomic E-state index is 13.8. The molecule has 2 aliphatic rings. The van der Waals surface area contributed by atoms with Crippen molar-refractivity contribution in [2.24, 2.45) is 11.8 Å². The number of likely N-dealkylation sites (N-methyl/N-ethyl adjacent to an activating group) is 1. The second-order valence-corrected chi connectivity index (χ2v) is 18.5. The number of esters is 5. The molecule has 2 unspecified atom stereocenters. The van der Waals surface area contributed by atoms with Gasteiger partial charge in [0.25, 0.3) is 0 Å². The van der Waals surface area contributed by atoms with Crippen molar-refractivity contribution in [3.8, 4) is 0 Å². The van der Waals surface area contributed by atoms with Crippen LogP contribution >= 0.6 is 0 Å². The molecule has 4 atom stereocenters. The van der Waals surface area contributed by atoms with E-state index in [1.165, 1.54) is 11.3 Å². The smallest absolute Gasteiger partial charge is 0.410 e. The van der Waals surface area contributed by atoms with E-state index in [0.29, 0.717) is 25.8 Å². The zero-order valence-electron chi connectivity index (χ0n) is 41.3. The molecule has 1 fully saturated rings. The molecule has 66 heavy (non-hydrogen) atoms. The first kappa shape index (κ1) is 58.4. The van der Waals surface area contributed by atoms with Crippen LogP contribution in [-0.4, -0.2) is 129 Å². The second kappa shape index (κ2) is 37.3. The molecule has 0 aliphatic carbocycles. The number of aliphatic hydroxyl groups is 1. The van der Waals surface area contributed by atoms with Crippen LogP contribution in [0.3, 0.4) is 0 Å². The summed E-state index contributed by atoms with van der Waals surface area (Å²) < 4.78 is 34.2. The van der Waals surface area contributed by atoms with Gasteiger partial charge >= 0.3 is 35.9 Å². The lowest BCUT2D eigenvalue weighted by Gasteiger charge is -2.28. The number of carbonyl (C=O) groups is 6. The van der Waals surface area contributed by atoms with Crippen molar-refractivity contribution in [1.82, 2.24) is 9.80 Å². The molecule has 0 aromatic heterocycles. The molecule has 0 saturated carbocycles. The second-order valence-electron chi connectivity index (χ2n) is 18.5. The van der Waals surface area contributed by atoms with Crippen molar-refractivity contribution < 1.29 is 62.3 Å². The van der Waals surface area contributed by atoms with Crippen molar-refractivity contribution in [3.63, 3.8) is 0 Å². The van der Waals surface area contributed by atoms with Crippen LogP contribution in [0.15, 0.2) is 12.2 Å². The highest BCUT2D eigenvalue weighted by atomic mass is 16.6. The van der Waals surface area contributed by atoms with Crippen LogP contribution in [0.4, 0.5) is 4.79 Å². The number of ether oxygens (including phenoxy) is 6.